The van der Waals surface area contributed by atoms with E-state index in [0.717, 1.165) is 16.8 Å². The number of aryl methyl sites for hydroxylation is 2. The summed E-state index contributed by atoms with van der Waals surface area (Å²) in [6.45, 7) is 8.27. The van der Waals surface area contributed by atoms with E-state index in [-0.39, 0.29) is 18.6 Å². The Kier molecular flexibility index (Phi) is 6.88. The number of hydrogen-bond donors (Lipinski definition) is 0. The van der Waals surface area contributed by atoms with Gasteiger partial charge in [-0.15, -0.1) is 0 Å². The van der Waals surface area contributed by atoms with Gasteiger partial charge >= 0.3 is 0 Å². The smallest absolute Gasteiger partial charge is 0.253 e. The van der Waals surface area contributed by atoms with Gasteiger partial charge in [0.1, 0.15) is 13.2 Å². The molecule has 0 saturated carbocycles. The molecule has 5 nitrogen and oxygen atoms in total. The second-order valence-electron chi connectivity index (χ2n) is 4.85. The van der Waals surface area contributed by atoms with E-state index in [0.29, 0.717) is 6.61 Å². The molecule has 0 radical (unpaired) electrons. The molecule has 1 aromatic rings. The van der Waals surface area contributed by atoms with E-state index in [4.69, 9.17) is 9.57 Å². The van der Waals surface area contributed by atoms with Crippen LogP contribution in [0.3, 0.4) is 0 Å². The summed E-state index contributed by atoms with van der Waals surface area (Å²) in [6.07, 6.45) is 1.63. The summed E-state index contributed by atoms with van der Waals surface area (Å²) in [5.41, 5.74) is 2.97. The minimum absolute atomic E-state index is 0.0284. The molecule has 0 saturated heterocycles. The molecule has 5 heteroatoms. The van der Waals surface area contributed by atoms with Crippen molar-refractivity contribution in [2.45, 2.75) is 33.7 Å². The third kappa shape index (κ3) is 4.56. The van der Waals surface area contributed by atoms with Gasteiger partial charge in [-0.1, -0.05) is 23.4 Å². The molecule has 1 unspecified atom stereocenters. The molecule has 0 bridgehead atoms. The van der Waals surface area contributed by atoms with Crippen LogP contribution in [0, 0.1) is 13.8 Å². The minimum Gasteiger partial charge on any atom is -0.396 e. The SMILES string of the molecule is CCO/N=C\C(C)N(C(=O)COC)c1c(C)cccc1C. The standard InChI is InChI=1S/C16H24N2O3/c1-6-21-17-10-14(4)18(15(19)11-20-5)16-12(2)8-7-9-13(16)3/h7-10,14H,6,11H2,1-5H3/b17-10-. The summed E-state index contributed by atoms with van der Waals surface area (Å²) < 4.78 is 4.99. The zero-order valence-electron chi connectivity index (χ0n) is 13.4. The molecule has 1 amide bonds. The number of amides is 1. The third-order valence-corrected chi connectivity index (χ3v) is 3.10. The fourth-order valence-corrected chi connectivity index (χ4v) is 2.21. The predicted molar refractivity (Wildman–Crippen MR) is 84.9 cm³/mol. The molecule has 0 fully saturated rings. The van der Waals surface area contributed by atoms with Gasteiger partial charge in [0, 0.05) is 7.11 Å². The zero-order valence-corrected chi connectivity index (χ0v) is 13.4. The Balaban J connectivity index is 3.16. The van der Waals surface area contributed by atoms with Crippen LogP contribution in [-0.4, -0.2) is 38.5 Å². The Morgan fingerprint density at radius 1 is 1.38 bits per heavy atom. The van der Waals surface area contributed by atoms with E-state index in [1.165, 1.54) is 7.11 Å². The maximum absolute atomic E-state index is 12.4. The Bertz CT molecular complexity index is 480. The first kappa shape index (κ1) is 17.2. The van der Waals surface area contributed by atoms with Crippen molar-refractivity contribution in [2.75, 3.05) is 25.2 Å². The van der Waals surface area contributed by atoms with Crippen LogP contribution >= 0.6 is 0 Å². The third-order valence-electron chi connectivity index (χ3n) is 3.10. The van der Waals surface area contributed by atoms with Crippen LogP contribution in [0.2, 0.25) is 0 Å². The van der Waals surface area contributed by atoms with Crippen LogP contribution in [-0.2, 0) is 14.4 Å². The number of benzene rings is 1. The van der Waals surface area contributed by atoms with Crippen LogP contribution in [0.15, 0.2) is 23.4 Å². The number of nitrogens with zero attached hydrogens (tertiary/aromatic N) is 2. The van der Waals surface area contributed by atoms with Crippen molar-refractivity contribution in [3.8, 4) is 0 Å². The van der Waals surface area contributed by atoms with Crippen molar-refractivity contribution in [1.82, 2.24) is 0 Å². The number of rotatable bonds is 7. The van der Waals surface area contributed by atoms with Gasteiger partial charge in [0.15, 0.2) is 0 Å². The van der Waals surface area contributed by atoms with Gasteiger partial charge < -0.3 is 14.5 Å². The second kappa shape index (κ2) is 8.42. The Hall–Kier alpha value is -1.88. The van der Waals surface area contributed by atoms with Crippen molar-refractivity contribution < 1.29 is 14.4 Å². The maximum atomic E-state index is 12.4. The van der Waals surface area contributed by atoms with E-state index < -0.39 is 0 Å². The molecule has 0 aliphatic carbocycles. The Labute approximate surface area is 126 Å². The van der Waals surface area contributed by atoms with E-state index >= 15 is 0 Å². The summed E-state index contributed by atoms with van der Waals surface area (Å²) in [6, 6.07) is 5.73. The van der Waals surface area contributed by atoms with E-state index in [1.807, 2.05) is 45.9 Å². The highest BCUT2D eigenvalue weighted by Gasteiger charge is 2.23. The molecule has 1 rings (SSSR count). The molecule has 1 atom stereocenters. The van der Waals surface area contributed by atoms with Crippen LogP contribution in [0.4, 0.5) is 5.69 Å². The molecule has 0 aliphatic rings. The number of carbonyl (C=O) groups excluding carboxylic acids is 1. The molecular weight excluding hydrogens is 268 g/mol. The van der Waals surface area contributed by atoms with Crippen molar-refractivity contribution in [3.05, 3.63) is 29.3 Å². The normalized spacial score (nSPS) is 12.4. The Morgan fingerprint density at radius 2 is 2.00 bits per heavy atom. The first-order valence-corrected chi connectivity index (χ1v) is 7.05. The zero-order chi connectivity index (χ0) is 15.8. The summed E-state index contributed by atoms with van der Waals surface area (Å²) in [7, 11) is 1.51. The number of para-hydroxylation sites is 1. The monoisotopic (exact) mass is 292 g/mol. The first-order valence-electron chi connectivity index (χ1n) is 7.05. The average molecular weight is 292 g/mol. The lowest BCUT2D eigenvalue weighted by Crippen LogP contribution is -2.42. The number of carbonyl (C=O) groups is 1. The number of anilines is 1. The number of methoxy groups -OCH3 is 1. The lowest BCUT2D eigenvalue weighted by molar-refractivity contribution is -0.122. The largest absolute Gasteiger partial charge is 0.396 e. The number of oxime groups is 1. The fourth-order valence-electron chi connectivity index (χ4n) is 2.21. The van der Waals surface area contributed by atoms with Crippen LogP contribution < -0.4 is 4.90 Å². The quantitative estimate of drug-likeness (QED) is 0.573. The van der Waals surface area contributed by atoms with Gasteiger partial charge in [-0.25, -0.2) is 0 Å². The summed E-state index contributed by atoms with van der Waals surface area (Å²) in [5.74, 6) is -0.106. The van der Waals surface area contributed by atoms with Gasteiger partial charge in [0.2, 0.25) is 0 Å². The molecular formula is C16H24N2O3. The Morgan fingerprint density at radius 3 is 2.52 bits per heavy atom. The molecule has 0 spiro atoms. The highest BCUT2D eigenvalue weighted by molar-refractivity contribution is 5.99. The van der Waals surface area contributed by atoms with Crippen LogP contribution in [0.25, 0.3) is 0 Å². The topological polar surface area (TPSA) is 51.1 Å². The van der Waals surface area contributed by atoms with Gasteiger partial charge in [0.25, 0.3) is 5.91 Å². The number of ether oxygens (including phenoxy) is 1. The molecule has 1 aromatic carbocycles. The maximum Gasteiger partial charge on any atom is 0.253 e. The van der Waals surface area contributed by atoms with E-state index in [1.54, 1.807) is 11.1 Å². The first-order chi connectivity index (χ1) is 10.0. The van der Waals surface area contributed by atoms with Crippen molar-refractivity contribution >= 4 is 17.8 Å². The molecule has 116 valence electrons. The van der Waals surface area contributed by atoms with Crippen molar-refractivity contribution in [1.29, 1.82) is 0 Å². The van der Waals surface area contributed by atoms with Crippen molar-refractivity contribution in [3.63, 3.8) is 0 Å². The van der Waals surface area contributed by atoms with Crippen molar-refractivity contribution in [2.24, 2.45) is 5.16 Å². The van der Waals surface area contributed by atoms with Gasteiger partial charge in [0.05, 0.1) is 17.9 Å². The molecule has 0 N–H and O–H groups in total. The van der Waals surface area contributed by atoms with Crippen LogP contribution in [0.5, 0.6) is 0 Å². The predicted octanol–water partition coefficient (Wildman–Crippen LogP) is 2.69. The van der Waals surface area contributed by atoms with E-state index in [9.17, 15) is 4.79 Å². The highest BCUT2D eigenvalue weighted by atomic mass is 16.6. The van der Waals surface area contributed by atoms with E-state index in [2.05, 4.69) is 5.16 Å². The lowest BCUT2D eigenvalue weighted by atomic mass is 10.1. The summed E-state index contributed by atoms with van der Waals surface area (Å²) in [5, 5.41) is 3.88. The van der Waals surface area contributed by atoms with Gasteiger partial charge in [-0.2, -0.15) is 0 Å². The van der Waals surface area contributed by atoms with Crippen LogP contribution in [0.1, 0.15) is 25.0 Å². The molecule has 21 heavy (non-hydrogen) atoms. The fraction of sp³-hybridized carbons (Fsp3) is 0.500. The second-order valence-corrected chi connectivity index (χ2v) is 4.85. The number of hydrogen-bond acceptors (Lipinski definition) is 4. The highest BCUT2D eigenvalue weighted by Crippen LogP contribution is 2.26. The molecule has 0 aliphatic heterocycles. The summed E-state index contributed by atoms with van der Waals surface area (Å²) >= 11 is 0. The molecule has 0 aromatic heterocycles. The molecule has 0 heterocycles. The van der Waals surface area contributed by atoms with Gasteiger partial charge in [-0.05, 0) is 38.8 Å². The average Bonchev–Trinajstić information content (AvgIpc) is 2.43. The minimum atomic E-state index is -0.223. The summed E-state index contributed by atoms with van der Waals surface area (Å²) in [4.78, 5) is 19.1. The lowest BCUT2D eigenvalue weighted by Gasteiger charge is -2.29. The van der Waals surface area contributed by atoms with Gasteiger partial charge in [-0.3, -0.25) is 4.79 Å².